The summed E-state index contributed by atoms with van der Waals surface area (Å²) in [5, 5.41) is 15.8. The second-order valence-electron chi connectivity index (χ2n) is 5.44. The lowest BCUT2D eigenvalue weighted by atomic mass is 10.1. The number of aromatic hydroxyl groups is 1. The van der Waals surface area contributed by atoms with Crippen LogP contribution in [0.25, 0.3) is 0 Å². The molecule has 0 saturated heterocycles. The highest BCUT2D eigenvalue weighted by molar-refractivity contribution is 6.30. The van der Waals surface area contributed by atoms with E-state index in [-0.39, 0.29) is 24.0 Å². The first-order valence-corrected chi connectivity index (χ1v) is 7.85. The van der Waals surface area contributed by atoms with Gasteiger partial charge in [0.2, 0.25) is 5.91 Å². The fourth-order valence-electron chi connectivity index (χ4n) is 2.53. The summed E-state index contributed by atoms with van der Waals surface area (Å²) in [5.41, 5.74) is 1.19. The van der Waals surface area contributed by atoms with E-state index >= 15 is 0 Å². The number of phenolic OH excluding ortho intramolecular Hbond substituents is 1. The van der Waals surface area contributed by atoms with E-state index in [1.165, 1.54) is 18.2 Å². The van der Waals surface area contributed by atoms with Gasteiger partial charge in [-0.3, -0.25) is 9.59 Å². The molecule has 1 heterocycles. The quantitative estimate of drug-likeness (QED) is 0.579. The van der Waals surface area contributed by atoms with Gasteiger partial charge in [-0.25, -0.2) is 0 Å². The number of hydrogen-bond donors (Lipinski definition) is 3. The van der Waals surface area contributed by atoms with Gasteiger partial charge >= 0.3 is 0 Å². The van der Waals surface area contributed by atoms with Crippen LogP contribution in [0.4, 0.5) is 5.69 Å². The second kappa shape index (κ2) is 6.86. The predicted octanol–water partition coefficient (Wildman–Crippen LogP) is 3.03. The van der Waals surface area contributed by atoms with Crippen molar-refractivity contribution < 1.29 is 19.4 Å². The third-order valence-corrected chi connectivity index (χ3v) is 3.99. The Bertz CT molecular complexity index is 866. The summed E-state index contributed by atoms with van der Waals surface area (Å²) in [6.07, 6.45) is 1.11. The van der Waals surface area contributed by atoms with Crippen LogP contribution in [0.2, 0.25) is 5.02 Å². The number of nitrogens with one attached hydrogen (secondary N) is 2. The van der Waals surface area contributed by atoms with Crippen molar-refractivity contribution in [2.75, 3.05) is 11.9 Å². The fraction of sp³-hybridized carbons (Fsp3) is 0.111. The lowest BCUT2D eigenvalue weighted by molar-refractivity contribution is -0.111. The molecule has 2 aromatic carbocycles. The molecule has 0 aliphatic carbocycles. The Kier molecular flexibility index (Phi) is 4.63. The molecule has 1 aliphatic heterocycles. The van der Waals surface area contributed by atoms with Crippen LogP contribution in [0, 0.1) is 0 Å². The Balaban J connectivity index is 1.80. The maximum Gasteiger partial charge on any atom is 0.255 e. The highest BCUT2D eigenvalue weighted by Gasteiger charge is 2.27. The molecular weight excluding hydrogens is 344 g/mol. The summed E-state index contributed by atoms with van der Waals surface area (Å²) in [6, 6.07) is 9.02. The minimum absolute atomic E-state index is 0.0392. The minimum Gasteiger partial charge on any atom is -0.507 e. The minimum atomic E-state index is -0.492. The first kappa shape index (κ1) is 16.9. The van der Waals surface area contributed by atoms with Crippen LogP contribution in [0.1, 0.15) is 22.0 Å². The fourth-order valence-corrected chi connectivity index (χ4v) is 2.71. The van der Waals surface area contributed by atoms with Crippen molar-refractivity contribution in [3.05, 3.63) is 65.2 Å². The Morgan fingerprint density at radius 2 is 2.08 bits per heavy atom. The van der Waals surface area contributed by atoms with Gasteiger partial charge in [-0.05, 0) is 42.5 Å². The van der Waals surface area contributed by atoms with Crippen LogP contribution in [0.15, 0.2) is 49.1 Å². The van der Waals surface area contributed by atoms with Crippen LogP contribution in [-0.4, -0.2) is 23.5 Å². The van der Waals surface area contributed by atoms with E-state index in [1.54, 1.807) is 18.2 Å². The topological polar surface area (TPSA) is 87.7 Å². The molecule has 2 amide bonds. The molecule has 1 unspecified atom stereocenters. The Morgan fingerprint density at radius 3 is 2.84 bits per heavy atom. The number of fused-ring (bicyclic) bond motifs is 1. The van der Waals surface area contributed by atoms with Gasteiger partial charge in [0, 0.05) is 16.3 Å². The van der Waals surface area contributed by atoms with Gasteiger partial charge in [-0.1, -0.05) is 18.2 Å². The molecule has 0 spiro atoms. The summed E-state index contributed by atoms with van der Waals surface area (Å²) in [4.78, 5) is 23.9. The van der Waals surface area contributed by atoms with E-state index in [1.807, 2.05) is 0 Å². The van der Waals surface area contributed by atoms with Crippen molar-refractivity contribution in [2.45, 2.75) is 6.04 Å². The largest absolute Gasteiger partial charge is 0.507 e. The van der Waals surface area contributed by atoms with Gasteiger partial charge in [0.25, 0.3) is 5.91 Å². The maximum absolute atomic E-state index is 12.5. The molecule has 1 aliphatic rings. The highest BCUT2D eigenvalue weighted by atomic mass is 35.5. The van der Waals surface area contributed by atoms with E-state index in [0.717, 1.165) is 11.6 Å². The molecule has 128 valence electrons. The number of rotatable bonds is 4. The molecule has 1 atom stereocenters. The Labute approximate surface area is 149 Å². The average Bonchev–Trinajstić information content (AvgIpc) is 2.98. The molecule has 6 nitrogen and oxygen atoms in total. The van der Waals surface area contributed by atoms with E-state index in [0.29, 0.717) is 16.5 Å². The number of carbonyl (C=O) groups is 2. The van der Waals surface area contributed by atoms with E-state index in [4.69, 9.17) is 16.3 Å². The van der Waals surface area contributed by atoms with Crippen LogP contribution < -0.4 is 15.4 Å². The molecular formula is C18H15ClN2O4. The molecule has 7 heteroatoms. The summed E-state index contributed by atoms with van der Waals surface area (Å²) in [6.45, 7) is 3.64. The standard InChI is InChI=1S/C18H15ClN2O4/c1-2-17(23)20-11-4-5-15(22)13(8-11)18(24)21-14-9-25-16-6-3-10(19)7-12(14)16/h2-8,14,22H,1,9H2,(H,20,23)(H,21,24). The number of anilines is 1. The predicted molar refractivity (Wildman–Crippen MR) is 94.1 cm³/mol. The van der Waals surface area contributed by atoms with Crippen LogP contribution >= 0.6 is 11.6 Å². The molecule has 3 rings (SSSR count). The molecule has 0 fully saturated rings. The van der Waals surface area contributed by atoms with Crippen LogP contribution in [-0.2, 0) is 4.79 Å². The van der Waals surface area contributed by atoms with E-state index in [2.05, 4.69) is 17.2 Å². The van der Waals surface area contributed by atoms with Crippen molar-refractivity contribution in [3.63, 3.8) is 0 Å². The van der Waals surface area contributed by atoms with E-state index in [9.17, 15) is 14.7 Å². The van der Waals surface area contributed by atoms with Crippen molar-refractivity contribution in [1.82, 2.24) is 5.32 Å². The van der Waals surface area contributed by atoms with Crippen LogP contribution in [0.3, 0.4) is 0 Å². The molecule has 0 aromatic heterocycles. The van der Waals surface area contributed by atoms with E-state index < -0.39 is 11.8 Å². The number of halogens is 1. The van der Waals surface area contributed by atoms with Gasteiger partial charge in [0.1, 0.15) is 18.1 Å². The van der Waals surface area contributed by atoms with Gasteiger partial charge < -0.3 is 20.5 Å². The van der Waals surface area contributed by atoms with Gasteiger partial charge in [-0.2, -0.15) is 0 Å². The first-order chi connectivity index (χ1) is 12.0. The molecule has 2 aromatic rings. The third-order valence-electron chi connectivity index (χ3n) is 3.75. The van der Waals surface area contributed by atoms with Crippen molar-refractivity contribution in [2.24, 2.45) is 0 Å². The summed E-state index contributed by atoms with van der Waals surface area (Å²) in [7, 11) is 0. The van der Waals surface area contributed by atoms with Crippen molar-refractivity contribution in [1.29, 1.82) is 0 Å². The highest BCUT2D eigenvalue weighted by Crippen LogP contribution is 2.34. The van der Waals surface area contributed by atoms with Gasteiger partial charge in [0.15, 0.2) is 0 Å². The summed E-state index contributed by atoms with van der Waals surface area (Å²) in [5.74, 6) is -0.441. The zero-order chi connectivity index (χ0) is 18.0. The molecule has 3 N–H and O–H groups in total. The van der Waals surface area contributed by atoms with Crippen LogP contribution in [0.5, 0.6) is 11.5 Å². The van der Waals surface area contributed by atoms with Gasteiger partial charge in [-0.15, -0.1) is 0 Å². The lowest BCUT2D eigenvalue weighted by Gasteiger charge is -2.13. The second-order valence-corrected chi connectivity index (χ2v) is 5.88. The Morgan fingerprint density at radius 1 is 1.28 bits per heavy atom. The lowest BCUT2D eigenvalue weighted by Crippen LogP contribution is -2.29. The summed E-state index contributed by atoms with van der Waals surface area (Å²) >= 11 is 5.99. The molecule has 0 radical (unpaired) electrons. The zero-order valence-corrected chi connectivity index (χ0v) is 13.8. The number of amides is 2. The number of ether oxygens (including phenoxy) is 1. The van der Waals surface area contributed by atoms with Crippen molar-refractivity contribution >= 4 is 29.1 Å². The number of hydrogen-bond acceptors (Lipinski definition) is 4. The monoisotopic (exact) mass is 358 g/mol. The average molecular weight is 359 g/mol. The number of benzene rings is 2. The van der Waals surface area contributed by atoms with Gasteiger partial charge in [0.05, 0.1) is 11.6 Å². The maximum atomic E-state index is 12.5. The molecule has 0 saturated carbocycles. The number of phenols is 1. The molecule has 25 heavy (non-hydrogen) atoms. The normalized spacial score (nSPS) is 15.0. The zero-order valence-electron chi connectivity index (χ0n) is 13.1. The summed E-state index contributed by atoms with van der Waals surface area (Å²) < 4.78 is 5.52. The third kappa shape index (κ3) is 3.59. The smallest absolute Gasteiger partial charge is 0.255 e. The number of carbonyl (C=O) groups excluding carboxylic acids is 2. The SMILES string of the molecule is C=CC(=O)Nc1ccc(O)c(C(=O)NC2COc3ccc(Cl)cc32)c1. The Hall–Kier alpha value is -2.99. The van der Waals surface area contributed by atoms with Crippen molar-refractivity contribution in [3.8, 4) is 11.5 Å². The molecule has 0 bridgehead atoms. The first-order valence-electron chi connectivity index (χ1n) is 7.47.